The Kier molecular flexibility index (Phi) is 15.8. The summed E-state index contributed by atoms with van der Waals surface area (Å²) in [4.78, 5) is 59.5. The van der Waals surface area contributed by atoms with Gasteiger partial charge < -0.3 is 57.6 Å². The molecule has 4 heterocycles. The number of nitrogens with zero attached hydrogens (tertiary/aromatic N) is 2. The van der Waals surface area contributed by atoms with Crippen LogP contribution in [0.1, 0.15) is 112 Å². The van der Waals surface area contributed by atoms with Gasteiger partial charge in [-0.25, -0.2) is 9.59 Å². The van der Waals surface area contributed by atoms with Crippen molar-refractivity contribution in [1.82, 2.24) is 9.80 Å². The van der Waals surface area contributed by atoms with E-state index >= 15 is 0 Å². The molecule has 0 saturated heterocycles. The highest BCUT2D eigenvalue weighted by Gasteiger charge is 2.52. The third-order valence-corrected chi connectivity index (χ3v) is 14.8. The number of hydrogen-bond donors (Lipinski definition) is 2. The minimum absolute atomic E-state index is 0.00947. The molecular formula is C52H68N2O16. The number of esters is 4. The first-order chi connectivity index (χ1) is 33.8. The largest absolute Gasteiger partial charge is 0.497 e. The van der Waals surface area contributed by atoms with E-state index in [2.05, 4.69) is 23.6 Å². The van der Waals surface area contributed by atoms with Crippen LogP contribution in [0.5, 0.6) is 23.0 Å². The Labute approximate surface area is 409 Å². The quantitative estimate of drug-likeness (QED) is 0.0945. The number of fused-ring (bicyclic) bond motifs is 8. The summed E-state index contributed by atoms with van der Waals surface area (Å²) in [5.41, 5.74) is -0.997. The minimum Gasteiger partial charge on any atom is -0.497 e. The summed E-state index contributed by atoms with van der Waals surface area (Å²) in [5, 5.41) is 24.4. The maximum absolute atomic E-state index is 14.5. The number of methoxy groups -OCH3 is 4. The van der Waals surface area contributed by atoms with Crippen LogP contribution in [0.15, 0.2) is 47.9 Å². The molecule has 0 spiro atoms. The van der Waals surface area contributed by atoms with Gasteiger partial charge in [-0.15, -0.1) is 0 Å². The van der Waals surface area contributed by atoms with E-state index in [1.54, 1.807) is 0 Å². The summed E-state index contributed by atoms with van der Waals surface area (Å²) >= 11 is 0. The van der Waals surface area contributed by atoms with Crippen molar-refractivity contribution >= 4 is 23.9 Å². The number of carbonyl (C=O) groups is 4. The predicted molar refractivity (Wildman–Crippen MR) is 250 cm³/mol. The lowest BCUT2D eigenvalue weighted by Gasteiger charge is -2.34. The number of unbranched alkanes of at least 4 members (excludes halogenated alkanes) is 3. The van der Waals surface area contributed by atoms with Crippen molar-refractivity contribution in [2.24, 2.45) is 0 Å². The van der Waals surface area contributed by atoms with E-state index in [4.69, 9.17) is 47.4 Å². The summed E-state index contributed by atoms with van der Waals surface area (Å²) < 4.78 is 57.2. The second-order valence-electron chi connectivity index (χ2n) is 19.1. The molecule has 2 N–H and O–H groups in total. The van der Waals surface area contributed by atoms with Gasteiger partial charge in [0.05, 0.1) is 41.3 Å². The van der Waals surface area contributed by atoms with Gasteiger partial charge in [-0.2, -0.15) is 0 Å². The van der Waals surface area contributed by atoms with Gasteiger partial charge in [0.15, 0.2) is 46.4 Å². The normalized spacial score (nSPS) is 24.7. The van der Waals surface area contributed by atoms with E-state index < -0.39 is 72.0 Å². The summed E-state index contributed by atoms with van der Waals surface area (Å²) in [5.74, 6) is -1.54. The molecule has 0 saturated carbocycles. The van der Waals surface area contributed by atoms with Gasteiger partial charge in [0.1, 0.15) is 11.5 Å². The first-order valence-electron chi connectivity index (χ1n) is 24.6. The van der Waals surface area contributed by atoms with E-state index in [1.165, 1.54) is 14.2 Å². The first kappa shape index (κ1) is 50.8. The van der Waals surface area contributed by atoms with Gasteiger partial charge in [-0.1, -0.05) is 26.7 Å². The van der Waals surface area contributed by atoms with E-state index in [0.717, 1.165) is 88.3 Å². The summed E-state index contributed by atoms with van der Waals surface area (Å²) in [6.07, 6.45) is 5.05. The molecular weight excluding hydrogens is 909 g/mol. The van der Waals surface area contributed by atoms with E-state index in [1.807, 2.05) is 36.4 Å². The molecule has 0 amide bonds. The molecule has 2 aromatic carbocycles. The summed E-state index contributed by atoms with van der Waals surface area (Å²) in [6.45, 7) is 7.47. The van der Waals surface area contributed by atoms with Crippen molar-refractivity contribution in [3.05, 3.63) is 70.2 Å². The Balaban J connectivity index is 1.01. The first-order valence-corrected chi connectivity index (χ1v) is 24.6. The van der Waals surface area contributed by atoms with Crippen LogP contribution in [-0.4, -0.2) is 148 Å². The van der Waals surface area contributed by atoms with Crippen LogP contribution in [-0.2, 0) is 60.4 Å². The van der Waals surface area contributed by atoms with E-state index in [0.29, 0.717) is 47.4 Å². The third-order valence-electron chi connectivity index (χ3n) is 14.8. The van der Waals surface area contributed by atoms with Gasteiger partial charge >= 0.3 is 23.9 Å². The van der Waals surface area contributed by atoms with Crippen molar-refractivity contribution < 1.29 is 76.8 Å². The fourth-order valence-electron chi connectivity index (χ4n) is 11.0. The maximum Gasteiger partial charge on any atom is 0.339 e. The number of carbonyl (C=O) groups excluding carboxylic acids is 4. The average molecular weight is 977 g/mol. The minimum atomic E-state index is -2.40. The Hall–Kier alpha value is -5.56. The molecule has 2 aromatic rings. The molecule has 0 fully saturated rings. The number of aliphatic hydroxyl groups is 2. The summed E-state index contributed by atoms with van der Waals surface area (Å²) in [7, 11) is 5.31. The SMILES string of the molecule is CCCCN1CCc2cc3c(cc2[C@@H]2[C@H](OC(=O)[C@@](O)(CCCC[C@@](O)(CC(=O)OC)C(=O)O[C@@H]4C(OC)=C[C@H]5[C@@H]4c4cc6c(cc4CCN5CCCC)OCO6)CC(=O)OC)C(OC)=C[C@@H]21)OCO3. The molecule has 0 radical (unpaired) electrons. The molecule has 4 aliphatic heterocycles. The zero-order chi connectivity index (χ0) is 49.7. The zero-order valence-corrected chi connectivity index (χ0v) is 41.2. The lowest BCUT2D eigenvalue weighted by molar-refractivity contribution is -0.179. The van der Waals surface area contributed by atoms with Gasteiger partial charge in [0, 0.05) is 37.0 Å². The molecule has 8 atom stereocenters. The predicted octanol–water partition coefficient (Wildman–Crippen LogP) is 5.13. The van der Waals surface area contributed by atoms with Crippen LogP contribution in [0.25, 0.3) is 0 Å². The molecule has 18 heteroatoms. The van der Waals surface area contributed by atoms with E-state index in [9.17, 15) is 29.4 Å². The fourth-order valence-corrected chi connectivity index (χ4v) is 11.0. The average Bonchev–Trinajstić information content (AvgIpc) is 4.14. The number of ether oxygens (including phenoxy) is 10. The van der Waals surface area contributed by atoms with Gasteiger partial charge in [0.2, 0.25) is 13.6 Å². The molecule has 0 aromatic heterocycles. The zero-order valence-electron chi connectivity index (χ0n) is 41.2. The summed E-state index contributed by atoms with van der Waals surface area (Å²) in [6, 6.07) is 7.34. The van der Waals surface area contributed by atoms with Crippen LogP contribution < -0.4 is 18.9 Å². The van der Waals surface area contributed by atoms with Crippen molar-refractivity contribution in [1.29, 1.82) is 0 Å². The smallest absolute Gasteiger partial charge is 0.339 e. The molecule has 8 rings (SSSR count). The standard InChI is InChI=1S/C52H68N2O16/c1-7-9-17-53-19-13-31-21-37-39(67-29-65-37)23-33(31)45-35(53)25-41(61-3)47(45)69-49(57)51(59,27-43(55)63-5)15-11-12-16-52(60,28-44(56)64-6)50(58)70-48-42(62-4)26-36-46(48)34-24-40-38(66-30-68-40)22-32(34)14-20-54(36)18-10-8-2/h21-26,35-36,45-48,59-60H,7-20,27-30H2,1-6H3/t35-,36-,45-,46-,47+,48+,51+,52+/m0/s1. The Morgan fingerprint density at radius 2 is 0.986 bits per heavy atom. The fraction of sp³-hybridized carbons (Fsp3) is 0.615. The van der Waals surface area contributed by atoms with Crippen LogP contribution >= 0.6 is 0 Å². The van der Waals surface area contributed by atoms with Gasteiger partial charge in [-0.05, 0) is 123 Å². The molecule has 0 unspecified atom stereocenters. The third kappa shape index (κ3) is 10.3. The highest BCUT2D eigenvalue weighted by molar-refractivity contribution is 5.87. The highest BCUT2D eigenvalue weighted by atomic mass is 16.7. The molecule has 0 bridgehead atoms. The molecule has 382 valence electrons. The van der Waals surface area contributed by atoms with Crippen molar-refractivity contribution in [2.75, 3.05) is 68.2 Å². The molecule has 18 nitrogen and oxygen atoms in total. The molecule has 2 aliphatic carbocycles. The Morgan fingerprint density at radius 3 is 1.34 bits per heavy atom. The van der Waals surface area contributed by atoms with Crippen LogP contribution in [0.4, 0.5) is 0 Å². The highest BCUT2D eigenvalue weighted by Crippen LogP contribution is 2.49. The monoisotopic (exact) mass is 976 g/mol. The number of rotatable bonds is 21. The van der Waals surface area contributed by atoms with E-state index in [-0.39, 0.29) is 51.4 Å². The topological polar surface area (TPSA) is 208 Å². The van der Waals surface area contributed by atoms with Gasteiger partial charge in [-0.3, -0.25) is 19.4 Å². The van der Waals surface area contributed by atoms with Crippen molar-refractivity contribution in [3.8, 4) is 23.0 Å². The second kappa shape index (κ2) is 21.8. The lowest BCUT2D eigenvalue weighted by atomic mass is 9.86. The van der Waals surface area contributed by atoms with Crippen molar-refractivity contribution in [2.45, 2.75) is 138 Å². The van der Waals surface area contributed by atoms with Crippen LogP contribution in [0.2, 0.25) is 0 Å². The number of hydrogen-bond acceptors (Lipinski definition) is 18. The van der Waals surface area contributed by atoms with Crippen molar-refractivity contribution in [3.63, 3.8) is 0 Å². The van der Waals surface area contributed by atoms with Crippen LogP contribution in [0.3, 0.4) is 0 Å². The van der Waals surface area contributed by atoms with Crippen LogP contribution in [0, 0.1) is 0 Å². The van der Waals surface area contributed by atoms with Gasteiger partial charge in [0.25, 0.3) is 0 Å². The number of benzene rings is 2. The maximum atomic E-state index is 14.5. The molecule has 70 heavy (non-hydrogen) atoms. The Morgan fingerprint density at radius 1 is 0.600 bits per heavy atom. The lowest BCUT2D eigenvalue weighted by Crippen LogP contribution is -2.47. The molecule has 6 aliphatic rings. The Bertz CT molecular complexity index is 2170. The second-order valence-corrected chi connectivity index (χ2v) is 19.1.